The first-order valence-electron chi connectivity index (χ1n) is 9.38. The lowest BCUT2D eigenvalue weighted by molar-refractivity contribution is -0.139. The molecule has 0 atom stereocenters. The first-order chi connectivity index (χ1) is 14.5. The van der Waals surface area contributed by atoms with Crippen molar-refractivity contribution in [1.82, 2.24) is 5.43 Å². The van der Waals surface area contributed by atoms with E-state index in [1.54, 1.807) is 24.3 Å². The van der Waals surface area contributed by atoms with Crippen molar-refractivity contribution in [2.24, 2.45) is 5.10 Å². The van der Waals surface area contributed by atoms with Crippen molar-refractivity contribution in [2.75, 3.05) is 31.7 Å². The van der Waals surface area contributed by atoms with Crippen molar-refractivity contribution < 1.29 is 24.2 Å². The quantitative estimate of drug-likeness (QED) is 0.448. The molecule has 0 radical (unpaired) electrons. The van der Waals surface area contributed by atoms with E-state index in [1.165, 1.54) is 26.2 Å². The number of nitrogens with one attached hydrogen (secondary N) is 1. The zero-order valence-corrected chi connectivity index (χ0v) is 18.0. The Bertz CT molecular complexity index is 940. The minimum Gasteiger partial charge on any atom is -0.493 e. The Balaban J connectivity index is 1.63. The van der Waals surface area contributed by atoms with E-state index in [9.17, 15) is 9.59 Å². The van der Waals surface area contributed by atoms with Crippen LogP contribution in [0.5, 0.6) is 11.5 Å². The molecule has 0 spiro atoms. The number of carbonyl (C=O) groups excluding carboxylic acids is 1. The summed E-state index contributed by atoms with van der Waals surface area (Å²) >= 11 is 3.33. The summed E-state index contributed by atoms with van der Waals surface area (Å²) in [6.07, 6.45) is 3.86. The highest BCUT2D eigenvalue weighted by Gasteiger charge is 2.14. The third kappa shape index (κ3) is 5.50. The van der Waals surface area contributed by atoms with Crippen LogP contribution in [0.25, 0.3) is 0 Å². The van der Waals surface area contributed by atoms with Gasteiger partial charge in [0.1, 0.15) is 0 Å². The van der Waals surface area contributed by atoms with Gasteiger partial charge in [-0.05, 0) is 70.7 Å². The van der Waals surface area contributed by atoms with E-state index in [-0.39, 0.29) is 11.7 Å². The molecule has 1 saturated heterocycles. The number of hydrazone groups is 1. The van der Waals surface area contributed by atoms with Gasteiger partial charge in [-0.3, -0.25) is 4.79 Å². The Morgan fingerprint density at radius 1 is 1.23 bits per heavy atom. The first kappa shape index (κ1) is 21.6. The number of anilines is 1. The number of halogens is 1. The number of rotatable bonds is 8. The van der Waals surface area contributed by atoms with Crippen molar-refractivity contribution in [1.29, 1.82) is 0 Å². The van der Waals surface area contributed by atoms with Crippen LogP contribution in [0.2, 0.25) is 0 Å². The molecule has 1 aliphatic rings. The predicted octanol–water partition coefficient (Wildman–Crippen LogP) is 3.29. The third-order valence-corrected chi connectivity index (χ3v) is 5.16. The Morgan fingerprint density at radius 3 is 2.57 bits per heavy atom. The highest BCUT2D eigenvalue weighted by atomic mass is 79.9. The number of hydrogen-bond donors (Lipinski definition) is 2. The maximum Gasteiger partial charge on any atom is 0.341 e. The third-order valence-electron chi connectivity index (χ3n) is 4.57. The average Bonchev–Trinajstić information content (AvgIpc) is 3.27. The summed E-state index contributed by atoms with van der Waals surface area (Å²) in [5.74, 6) is -0.785. The molecule has 30 heavy (non-hydrogen) atoms. The van der Waals surface area contributed by atoms with Gasteiger partial charge in [0.05, 0.1) is 17.8 Å². The lowest BCUT2D eigenvalue weighted by Crippen LogP contribution is -2.19. The minimum absolute atomic E-state index is 0.277. The van der Waals surface area contributed by atoms with Gasteiger partial charge in [-0.1, -0.05) is 0 Å². The number of benzene rings is 2. The van der Waals surface area contributed by atoms with Crippen LogP contribution < -0.4 is 19.8 Å². The lowest BCUT2D eigenvalue weighted by Gasteiger charge is -2.17. The molecule has 158 valence electrons. The van der Waals surface area contributed by atoms with Crippen molar-refractivity contribution in [3.05, 3.63) is 52.0 Å². The molecule has 1 aliphatic heterocycles. The fourth-order valence-corrected chi connectivity index (χ4v) is 3.69. The number of carboxylic acids is 1. The molecule has 0 aromatic heterocycles. The molecule has 1 amide bonds. The summed E-state index contributed by atoms with van der Waals surface area (Å²) in [4.78, 5) is 25.3. The van der Waals surface area contributed by atoms with Crippen LogP contribution in [-0.4, -0.2) is 50.0 Å². The molecule has 1 heterocycles. The van der Waals surface area contributed by atoms with E-state index in [2.05, 4.69) is 31.4 Å². The number of methoxy groups -OCH3 is 1. The molecule has 0 saturated carbocycles. The zero-order chi connectivity index (χ0) is 21.5. The molecule has 0 aliphatic carbocycles. The summed E-state index contributed by atoms with van der Waals surface area (Å²) in [6.45, 7) is 1.61. The number of carbonyl (C=O) groups is 2. The van der Waals surface area contributed by atoms with Crippen molar-refractivity contribution in [2.45, 2.75) is 12.8 Å². The van der Waals surface area contributed by atoms with Crippen molar-refractivity contribution in [3.8, 4) is 11.5 Å². The molecular formula is C21H22BrN3O5. The van der Waals surface area contributed by atoms with Gasteiger partial charge in [-0.25, -0.2) is 10.2 Å². The van der Waals surface area contributed by atoms with E-state index in [4.69, 9.17) is 14.6 Å². The number of ether oxygens (including phenoxy) is 2. The van der Waals surface area contributed by atoms with Crippen molar-refractivity contribution in [3.63, 3.8) is 0 Å². The Kier molecular flexibility index (Phi) is 7.29. The molecule has 0 unspecified atom stereocenters. The largest absolute Gasteiger partial charge is 0.493 e. The van der Waals surface area contributed by atoms with Gasteiger partial charge >= 0.3 is 5.97 Å². The first-order valence-corrected chi connectivity index (χ1v) is 10.2. The molecule has 2 N–H and O–H groups in total. The van der Waals surface area contributed by atoms with E-state index in [0.717, 1.165) is 18.8 Å². The van der Waals surface area contributed by atoms with Gasteiger partial charge in [-0.15, -0.1) is 0 Å². The zero-order valence-electron chi connectivity index (χ0n) is 16.4. The van der Waals surface area contributed by atoms with Crippen LogP contribution in [0.15, 0.2) is 46.0 Å². The molecule has 0 bridgehead atoms. The van der Waals surface area contributed by atoms with Crippen LogP contribution in [-0.2, 0) is 4.79 Å². The van der Waals surface area contributed by atoms with Gasteiger partial charge in [0.2, 0.25) is 0 Å². The number of nitrogens with zero attached hydrogens (tertiary/aromatic N) is 2. The summed E-state index contributed by atoms with van der Waals surface area (Å²) in [5, 5.41) is 12.8. The Morgan fingerprint density at radius 2 is 1.93 bits per heavy atom. The van der Waals surface area contributed by atoms with E-state index in [0.29, 0.717) is 21.3 Å². The second-order valence-corrected chi connectivity index (χ2v) is 7.51. The van der Waals surface area contributed by atoms with Crippen molar-refractivity contribution >= 4 is 39.7 Å². The van der Waals surface area contributed by atoms with Gasteiger partial charge < -0.3 is 19.5 Å². The molecule has 8 nitrogen and oxygen atoms in total. The van der Waals surface area contributed by atoms with E-state index in [1.807, 2.05) is 12.1 Å². The number of aliphatic carboxylic acids is 1. The molecule has 2 aromatic carbocycles. The normalized spacial score (nSPS) is 13.5. The SMILES string of the molecule is COc1cc(/C=N\NC(=O)c2ccc(N3CCCC3)cc2)cc(Br)c1OCC(=O)O. The summed E-state index contributed by atoms with van der Waals surface area (Å²) < 4.78 is 11.0. The summed E-state index contributed by atoms with van der Waals surface area (Å²) in [7, 11) is 1.45. The minimum atomic E-state index is -1.09. The molecule has 9 heteroatoms. The van der Waals surface area contributed by atoms with Crippen LogP contribution in [0, 0.1) is 0 Å². The fourth-order valence-electron chi connectivity index (χ4n) is 3.12. The second kappa shape index (κ2) is 10.1. The van der Waals surface area contributed by atoms with Crippen LogP contribution in [0.3, 0.4) is 0 Å². The molecular weight excluding hydrogens is 454 g/mol. The number of carboxylic acid groups (broad SMARTS) is 1. The van der Waals surface area contributed by atoms with Crippen LogP contribution in [0.1, 0.15) is 28.8 Å². The standard InChI is InChI=1S/C21H22BrN3O5/c1-29-18-11-14(10-17(22)20(18)30-13-19(26)27)12-23-24-21(28)15-4-6-16(7-5-15)25-8-2-3-9-25/h4-7,10-12H,2-3,8-9,13H2,1H3,(H,24,28)(H,26,27)/b23-12-. The molecule has 1 fully saturated rings. The number of hydrogen-bond acceptors (Lipinski definition) is 6. The smallest absolute Gasteiger partial charge is 0.341 e. The summed E-state index contributed by atoms with van der Waals surface area (Å²) in [6, 6.07) is 10.8. The summed E-state index contributed by atoms with van der Waals surface area (Å²) in [5.41, 5.74) is 4.77. The average molecular weight is 476 g/mol. The van der Waals surface area contributed by atoms with Gasteiger partial charge in [0.15, 0.2) is 18.1 Å². The fraction of sp³-hybridized carbons (Fsp3) is 0.286. The Hall–Kier alpha value is -3.07. The Labute approximate surface area is 182 Å². The molecule has 2 aromatic rings. The monoisotopic (exact) mass is 475 g/mol. The van der Waals surface area contributed by atoms with E-state index >= 15 is 0 Å². The van der Waals surface area contributed by atoms with Crippen LogP contribution in [0.4, 0.5) is 5.69 Å². The van der Waals surface area contributed by atoms with Gasteiger partial charge in [0, 0.05) is 24.3 Å². The highest BCUT2D eigenvalue weighted by molar-refractivity contribution is 9.10. The van der Waals surface area contributed by atoms with Gasteiger partial charge in [0.25, 0.3) is 5.91 Å². The maximum absolute atomic E-state index is 12.3. The maximum atomic E-state index is 12.3. The number of amides is 1. The van der Waals surface area contributed by atoms with Gasteiger partial charge in [-0.2, -0.15) is 5.10 Å². The predicted molar refractivity (Wildman–Crippen MR) is 117 cm³/mol. The van der Waals surface area contributed by atoms with Crippen LogP contribution >= 0.6 is 15.9 Å². The topological polar surface area (TPSA) is 100 Å². The lowest BCUT2D eigenvalue weighted by atomic mass is 10.2. The van der Waals surface area contributed by atoms with E-state index < -0.39 is 12.6 Å². The second-order valence-electron chi connectivity index (χ2n) is 6.66. The molecule has 3 rings (SSSR count). The highest BCUT2D eigenvalue weighted by Crippen LogP contribution is 2.36.